The van der Waals surface area contributed by atoms with E-state index in [4.69, 9.17) is 14.4 Å². The van der Waals surface area contributed by atoms with Crippen LogP contribution in [0.5, 0.6) is 5.75 Å². The van der Waals surface area contributed by atoms with E-state index in [2.05, 4.69) is 36.4 Å². The number of aromatic nitrogens is 3. The summed E-state index contributed by atoms with van der Waals surface area (Å²) in [6, 6.07) is 31.1. The molecule has 0 unspecified atom stereocenters. The van der Waals surface area contributed by atoms with Crippen LogP contribution in [0.1, 0.15) is 0 Å². The van der Waals surface area contributed by atoms with Gasteiger partial charge in [0.2, 0.25) is 0 Å². The number of imidazole rings is 1. The molecule has 7 rings (SSSR count). The van der Waals surface area contributed by atoms with Gasteiger partial charge in [-0.05, 0) is 40.6 Å². The molecule has 3 heterocycles. The summed E-state index contributed by atoms with van der Waals surface area (Å²) in [5.74, 6) is 0.873. The maximum Gasteiger partial charge on any atom is 0.135 e. The van der Waals surface area contributed by atoms with E-state index in [0.717, 1.165) is 55.2 Å². The molecular weight excluding hydrogens is 641 g/mol. The van der Waals surface area contributed by atoms with Gasteiger partial charge in [0.05, 0.1) is 11.1 Å². The number of fused-ring (bicyclic) bond motifs is 4. The first-order valence-corrected chi connectivity index (χ1v) is 11.7. The molecule has 1 N–H and O–H groups in total. The Bertz CT molecular complexity index is 1940. The SMILES string of the molecule is Cn1cc(-c2[c-]c(-c3cc4ccccc4cn3)c3oc4ccccc4c3c2)nc1-c1ccccc1O.[Pt]. The number of pyridine rings is 1. The summed E-state index contributed by atoms with van der Waals surface area (Å²) in [7, 11) is 1.93. The molecule has 0 amide bonds. The van der Waals surface area contributed by atoms with Crippen molar-refractivity contribution >= 4 is 32.7 Å². The van der Waals surface area contributed by atoms with Crippen molar-refractivity contribution < 1.29 is 30.6 Å². The molecule has 0 aliphatic heterocycles. The Hall–Kier alpha value is -4.21. The fourth-order valence-electron chi connectivity index (χ4n) is 4.81. The van der Waals surface area contributed by atoms with Gasteiger partial charge in [0.1, 0.15) is 17.2 Å². The standard InChI is InChI=1S/C31H20N3O2.Pt/c1-34-18-27(33-31(34)23-11-4-6-12-28(23)35)21-14-24-22-10-5-7-13-29(22)36-30(24)25(15-21)26-16-19-8-2-3-9-20(19)17-32-26;/h2-14,16-18,35H,1H3;/q-1;. The number of hydrogen-bond acceptors (Lipinski definition) is 4. The van der Waals surface area contributed by atoms with Crippen molar-refractivity contribution in [1.82, 2.24) is 14.5 Å². The number of para-hydroxylation sites is 2. The Morgan fingerprint density at radius 3 is 2.46 bits per heavy atom. The van der Waals surface area contributed by atoms with Gasteiger partial charge in [0.15, 0.2) is 0 Å². The molecule has 6 heteroatoms. The molecule has 37 heavy (non-hydrogen) atoms. The van der Waals surface area contributed by atoms with Crippen LogP contribution in [0.4, 0.5) is 0 Å². The summed E-state index contributed by atoms with van der Waals surface area (Å²) in [5, 5.41) is 14.6. The van der Waals surface area contributed by atoms with Crippen LogP contribution in [0.25, 0.3) is 66.6 Å². The molecule has 0 bridgehead atoms. The molecule has 182 valence electrons. The summed E-state index contributed by atoms with van der Waals surface area (Å²) >= 11 is 0. The van der Waals surface area contributed by atoms with E-state index in [-0.39, 0.29) is 26.8 Å². The zero-order valence-corrected chi connectivity index (χ0v) is 22.0. The van der Waals surface area contributed by atoms with E-state index >= 15 is 0 Å². The molecule has 0 atom stereocenters. The monoisotopic (exact) mass is 661 g/mol. The molecule has 0 saturated carbocycles. The van der Waals surface area contributed by atoms with Gasteiger partial charge in [-0.3, -0.25) is 9.97 Å². The van der Waals surface area contributed by atoms with Gasteiger partial charge in [0.25, 0.3) is 0 Å². The second-order valence-corrected chi connectivity index (χ2v) is 8.89. The number of furan rings is 1. The largest absolute Gasteiger partial charge is 0.507 e. The van der Waals surface area contributed by atoms with E-state index in [1.54, 1.807) is 12.1 Å². The maximum atomic E-state index is 10.4. The number of aryl methyl sites for hydroxylation is 1. The fourth-order valence-corrected chi connectivity index (χ4v) is 4.81. The average molecular weight is 662 g/mol. The Kier molecular flexibility index (Phi) is 5.66. The number of hydrogen-bond donors (Lipinski definition) is 1. The van der Waals surface area contributed by atoms with Gasteiger partial charge in [0, 0.05) is 51.1 Å². The molecule has 5 nitrogen and oxygen atoms in total. The molecule has 7 aromatic rings. The van der Waals surface area contributed by atoms with Crippen molar-refractivity contribution in [1.29, 1.82) is 0 Å². The van der Waals surface area contributed by atoms with E-state index < -0.39 is 0 Å². The van der Waals surface area contributed by atoms with Crippen molar-refractivity contribution in [2.75, 3.05) is 0 Å². The first kappa shape index (κ1) is 23.2. The zero-order valence-electron chi connectivity index (χ0n) is 19.8. The average Bonchev–Trinajstić information content (AvgIpc) is 3.48. The van der Waals surface area contributed by atoms with Crippen LogP contribution in [0.3, 0.4) is 0 Å². The predicted molar refractivity (Wildman–Crippen MR) is 143 cm³/mol. The van der Waals surface area contributed by atoms with Crippen LogP contribution in [-0.2, 0) is 28.1 Å². The van der Waals surface area contributed by atoms with Crippen LogP contribution in [0, 0.1) is 6.07 Å². The van der Waals surface area contributed by atoms with Gasteiger partial charge in [-0.2, -0.15) is 0 Å². The molecule has 4 aromatic carbocycles. The number of phenols is 1. The Morgan fingerprint density at radius 2 is 1.59 bits per heavy atom. The summed E-state index contributed by atoms with van der Waals surface area (Å²) in [6.45, 7) is 0. The van der Waals surface area contributed by atoms with E-state index in [9.17, 15) is 5.11 Å². The third-order valence-corrected chi connectivity index (χ3v) is 6.59. The molecule has 0 aliphatic rings. The van der Waals surface area contributed by atoms with Gasteiger partial charge >= 0.3 is 0 Å². The molecule has 0 aliphatic carbocycles. The van der Waals surface area contributed by atoms with Gasteiger partial charge < -0.3 is 14.1 Å². The quantitative estimate of drug-likeness (QED) is 0.201. The molecular formula is C31H20N3O2Pt-. The summed E-state index contributed by atoms with van der Waals surface area (Å²) in [4.78, 5) is 9.65. The van der Waals surface area contributed by atoms with E-state index in [0.29, 0.717) is 11.4 Å². The molecule has 3 aromatic heterocycles. The summed E-state index contributed by atoms with van der Waals surface area (Å²) in [5.41, 5.74) is 5.41. The van der Waals surface area contributed by atoms with Crippen molar-refractivity contribution in [3.63, 3.8) is 0 Å². The Labute approximate surface area is 227 Å². The smallest absolute Gasteiger partial charge is 0.135 e. The minimum Gasteiger partial charge on any atom is -0.507 e. The normalized spacial score (nSPS) is 11.3. The molecule has 0 spiro atoms. The Balaban J connectivity index is 0.00000252. The van der Waals surface area contributed by atoms with Crippen LogP contribution >= 0.6 is 0 Å². The number of rotatable bonds is 3. The number of nitrogens with zero attached hydrogens (tertiary/aromatic N) is 3. The fraction of sp³-hybridized carbons (Fsp3) is 0.0323. The molecule has 0 fully saturated rings. The topological polar surface area (TPSA) is 64.1 Å². The van der Waals surface area contributed by atoms with Crippen LogP contribution in [0.2, 0.25) is 0 Å². The van der Waals surface area contributed by atoms with Crippen LogP contribution < -0.4 is 0 Å². The first-order valence-electron chi connectivity index (χ1n) is 11.7. The van der Waals surface area contributed by atoms with Crippen LogP contribution in [0.15, 0.2) is 102 Å². The maximum absolute atomic E-state index is 10.4. The van der Waals surface area contributed by atoms with E-state index in [1.165, 1.54) is 0 Å². The van der Waals surface area contributed by atoms with Gasteiger partial charge in [-0.25, -0.2) is 0 Å². The van der Waals surface area contributed by atoms with Crippen molar-refractivity contribution in [3.05, 3.63) is 103 Å². The van der Waals surface area contributed by atoms with E-state index in [1.807, 2.05) is 66.5 Å². The van der Waals surface area contributed by atoms with Gasteiger partial charge in [-0.15, -0.1) is 12.1 Å². The summed E-state index contributed by atoms with van der Waals surface area (Å²) < 4.78 is 8.25. The zero-order chi connectivity index (χ0) is 24.2. The second-order valence-electron chi connectivity index (χ2n) is 8.89. The predicted octanol–water partition coefficient (Wildman–Crippen LogP) is 7.37. The second kappa shape index (κ2) is 9.02. The number of benzene rings is 4. The number of aromatic hydroxyl groups is 1. The summed E-state index contributed by atoms with van der Waals surface area (Å²) in [6.07, 6.45) is 3.84. The molecule has 0 radical (unpaired) electrons. The minimum absolute atomic E-state index is 0. The Morgan fingerprint density at radius 1 is 0.838 bits per heavy atom. The minimum atomic E-state index is 0. The van der Waals surface area contributed by atoms with Crippen molar-refractivity contribution in [3.8, 4) is 39.7 Å². The van der Waals surface area contributed by atoms with Crippen molar-refractivity contribution in [2.24, 2.45) is 7.05 Å². The third-order valence-electron chi connectivity index (χ3n) is 6.59. The van der Waals surface area contributed by atoms with Crippen LogP contribution in [-0.4, -0.2) is 19.6 Å². The third kappa shape index (κ3) is 3.83. The first-order chi connectivity index (χ1) is 17.7. The van der Waals surface area contributed by atoms with Crippen molar-refractivity contribution in [2.45, 2.75) is 0 Å². The molecule has 0 saturated heterocycles. The van der Waals surface area contributed by atoms with Gasteiger partial charge in [-0.1, -0.05) is 71.8 Å². The number of phenolic OH excluding ortho intramolecular Hbond substituents is 1.